The highest BCUT2D eigenvalue weighted by atomic mass is 16.4. The highest BCUT2D eigenvalue weighted by Crippen LogP contribution is 2.18. The van der Waals surface area contributed by atoms with Crippen molar-refractivity contribution >= 4 is 11.7 Å². The molecule has 0 fully saturated rings. The third kappa shape index (κ3) is 1.77. The summed E-state index contributed by atoms with van der Waals surface area (Å²) in [5.74, 6) is -1.14. The monoisotopic (exact) mass is 207 g/mol. The Kier molecular flexibility index (Phi) is 2.31. The number of carboxylic acids is 1. The summed E-state index contributed by atoms with van der Waals surface area (Å²) in [4.78, 5) is 10.6. The van der Waals surface area contributed by atoms with Crippen LogP contribution < -0.4 is 5.32 Å². The first-order valence-corrected chi connectivity index (χ1v) is 4.31. The van der Waals surface area contributed by atoms with Gasteiger partial charge >= 0.3 is 5.97 Å². The predicted octanol–water partition coefficient (Wildman–Crippen LogP) is 0.553. The Labute approximate surface area is 85.3 Å². The molecule has 3 N–H and O–H groups in total. The molecule has 0 spiro atoms. The fraction of sp³-hybridized carbons (Fsp3) is 0.100. The van der Waals surface area contributed by atoms with Crippen LogP contribution in [0.4, 0.5) is 0 Å². The van der Waals surface area contributed by atoms with E-state index in [-0.39, 0.29) is 5.57 Å². The van der Waals surface area contributed by atoms with E-state index in [0.717, 1.165) is 5.56 Å². The molecular formula is C10H9NO4. The van der Waals surface area contributed by atoms with Gasteiger partial charge < -0.3 is 19.9 Å². The number of nitrogens with one attached hydrogen (secondary N) is 1. The van der Waals surface area contributed by atoms with Crippen molar-refractivity contribution in [3.63, 3.8) is 0 Å². The summed E-state index contributed by atoms with van der Waals surface area (Å²) < 4.78 is 4.88. The average Bonchev–Trinajstić information content (AvgIpc) is 2.69. The van der Waals surface area contributed by atoms with Crippen molar-refractivity contribution in [1.82, 2.24) is 5.32 Å². The number of rotatable bonds is 2. The second kappa shape index (κ2) is 3.62. The van der Waals surface area contributed by atoms with E-state index in [1.165, 1.54) is 18.6 Å². The standard InChI is InChI=1S/C10H9NO4/c12-9-7(10(13)14)1-2-8(11-9)6-3-4-15-5-6/h1-5,9,11-12H,(H,13,14). The maximum Gasteiger partial charge on any atom is 0.336 e. The molecule has 0 radical (unpaired) electrons. The molecule has 0 saturated heterocycles. The normalized spacial score (nSPS) is 20.2. The van der Waals surface area contributed by atoms with Gasteiger partial charge in [0, 0.05) is 11.3 Å². The molecule has 1 aliphatic heterocycles. The van der Waals surface area contributed by atoms with Crippen LogP contribution >= 0.6 is 0 Å². The molecule has 0 saturated carbocycles. The number of hydrogen-bond acceptors (Lipinski definition) is 4. The lowest BCUT2D eigenvalue weighted by atomic mass is 10.1. The molecule has 0 aliphatic carbocycles. The smallest absolute Gasteiger partial charge is 0.336 e. The summed E-state index contributed by atoms with van der Waals surface area (Å²) in [5, 5.41) is 20.8. The van der Waals surface area contributed by atoms with Gasteiger partial charge in [-0.3, -0.25) is 0 Å². The van der Waals surface area contributed by atoms with Gasteiger partial charge in [-0.2, -0.15) is 0 Å². The fourth-order valence-corrected chi connectivity index (χ4v) is 1.32. The molecule has 78 valence electrons. The number of furan rings is 1. The fourth-order valence-electron chi connectivity index (χ4n) is 1.32. The average molecular weight is 207 g/mol. The lowest BCUT2D eigenvalue weighted by molar-refractivity contribution is -0.133. The molecular weight excluding hydrogens is 198 g/mol. The molecule has 1 aliphatic rings. The van der Waals surface area contributed by atoms with Crippen LogP contribution in [0.3, 0.4) is 0 Å². The lowest BCUT2D eigenvalue weighted by Gasteiger charge is -2.20. The van der Waals surface area contributed by atoms with Gasteiger partial charge in [-0.05, 0) is 18.2 Å². The van der Waals surface area contributed by atoms with E-state index in [1.54, 1.807) is 12.1 Å². The van der Waals surface area contributed by atoms with Gasteiger partial charge in [-0.1, -0.05) is 0 Å². The minimum atomic E-state index is -1.20. The molecule has 5 nitrogen and oxygen atoms in total. The summed E-state index contributed by atoms with van der Waals surface area (Å²) in [6.45, 7) is 0. The Morgan fingerprint density at radius 3 is 2.80 bits per heavy atom. The summed E-state index contributed by atoms with van der Waals surface area (Å²) in [6.07, 6.45) is 4.76. The minimum Gasteiger partial charge on any atom is -0.478 e. The molecule has 5 heteroatoms. The van der Waals surface area contributed by atoms with Gasteiger partial charge in [0.25, 0.3) is 0 Å². The van der Waals surface area contributed by atoms with E-state index in [2.05, 4.69) is 5.32 Å². The summed E-state index contributed by atoms with van der Waals surface area (Å²) in [7, 11) is 0. The number of dihydropyridines is 1. The first kappa shape index (κ1) is 9.54. The van der Waals surface area contributed by atoms with Gasteiger partial charge in [-0.25, -0.2) is 4.79 Å². The summed E-state index contributed by atoms with van der Waals surface area (Å²) >= 11 is 0. The van der Waals surface area contributed by atoms with Crippen LogP contribution in [0.1, 0.15) is 5.56 Å². The summed E-state index contributed by atoms with van der Waals surface area (Å²) in [6, 6.07) is 1.71. The van der Waals surface area contributed by atoms with E-state index in [9.17, 15) is 9.90 Å². The second-order valence-corrected chi connectivity index (χ2v) is 3.07. The molecule has 0 amide bonds. The predicted molar refractivity (Wildman–Crippen MR) is 51.5 cm³/mol. The number of hydrogen-bond donors (Lipinski definition) is 3. The maximum absolute atomic E-state index is 10.6. The van der Waals surface area contributed by atoms with Crippen LogP contribution in [0.2, 0.25) is 0 Å². The zero-order chi connectivity index (χ0) is 10.8. The van der Waals surface area contributed by atoms with E-state index in [0.29, 0.717) is 5.70 Å². The minimum absolute atomic E-state index is 0.0813. The molecule has 2 rings (SSSR count). The molecule has 1 unspecified atom stereocenters. The van der Waals surface area contributed by atoms with Gasteiger partial charge in [0.1, 0.15) is 0 Å². The van der Waals surface area contributed by atoms with E-state index in [4.69, 9.17) is 9.52 Å². The summed E-state index contributed by atoms with van der Waals surface area (Å²) in [5.41, 5.74) is 1.30. The Morgan fingerprint density at radius 2 is 2.27 bits per heavy atom. The van der Waals surface area contributed by atoms with Gasteiger partial charge in [0.15, 0.2) is 6.23 Å². The lowest BCUT2D eigenvalue weighted by Crippen LogP contribution is -2.34. The zero-order valence-electron chi connectivity index (χ0n) is 7.68. The van der Waals surface area contributed by atoms with Crippen molar-refractivity contribution < 1.29 is 19.4 Å². The Balaban J connectivity index is 2.30. The van der Waals surface area contributed by atoms with Crippen molar-refractivity contribution in [2.45, 2.75) is 6.23 Å². The van der Waals surface area contributed by atoms with Gasteiger partial charge in [0.2, 0.25) is 0 Å². The van der Waals surface area contributed by atoms with Crippen LogP contribution in [0.15, 0.2) is 40.7 Å². The van der Waals surface area contributed by atoms with Crippen molar-refractivity contribution in [1.29, 1.82) is 0 Å². The quantitative estimate of drug-likeness (QED) is 0.659. The Bertz CT molecular complexity index is 430. The Hall–Kier alpha value is -2.01. The first-order chi connectivity index (χ1) is 7.18. The van der Waals surface area contributed by atoms with Crippen molar-refractivity contribution in [3.05, 3.63) is 41.9 Å². The number of aliphatic hydroxyl groups is 1. The van der Waals surface area contributed by atoms with Crippen LogP contribution in [0, 0.1) is 0 Å². The molecule has 1 aromatic heterocycles. The SMILES string of the molecule is O=C(O)C1=CC=C(c2ccoc2)NC1O. The van der Waals surface area contributed by atoms with Crippen molar-refractivity contribution in [2.75, 3.05) is 0 Å². The van der Waals surface area contributed by atoms with E-state index in [1.807, 2.05) is 0 Å². The third-order valence-corrected chi connectivity index (χ3v) is 2.10. The van der Waals surface area contributed by atoms with Crippen LogP contribution in [0.5, 0.6) is 0 Å². The van der Waals surface area contributed by atoms with Crippen LogP contribution in [0.25, 0.3) is 5.70 Å². The number of carboxylic acid groups (broad SMARTS) is 1. The third-order valence-electron chi connectivity index (χ3n) is 2.10. The van der Waals surface area contributed by atoms with E-state index >= 15 is 0 Å². The first-order valence-electron chi connectivity index (χ1n) is 4.31. The molecule has 2 heterocycles. The van der Waals surface area contributed by atoms with Crippen LogP contribution in [-0.4, -0.2) is 22.4 Å². The topological polar surface area (TPSA) is 82.7 Å². The highest BCUT2D eigenvalue weighted by Gasteiger charge is 2.21. The number of aliphatic hydroxyl groups excluding tert-OH is 1. The highest BCUT2D eigenvalue weighted by molar-refractivity contribution is 5.89. The molecule has 0 aromatic carbocycles. The number of allylic oxidation sites excluding steroid dienone is 2. The van der Waals surface area contributed by atoms with Crippen molar-refractivity contribution in [2.24, 2.45) is 0 Å². The number of aliphatic carboxylic acids is 1. The maximum atomic E-state index is 10.6. The number of carbonyl (C=O) groups is 1. The molecule has 1 aromatic rings. The molecule has 0 bridgehead atoms. The van der Waals surface area contributed by atoms with E-state index < -0.39 is 12.2 Å². The van der Waals surface area contributed by atoms with Crippen LogP contribution in [-0.2, 0) is 4.79 Å². The van der Waals surface area contributed by atoms with Gasteiger partial charge in [0.05, 0.1) is 18.1 Å². The molecule has 1 atom stereocenters. The largest absolute Gasteiger partial charge is 0.478 e. The zero-order valence-corrected chi connectivity index (χ0v) is 7.68. The van der Waals surface area contributed by atoms with Crippen molar-refractivity contribution in [3.8, 4) is 0 Å². The molecule has 15 heavy (non-hydrogen) atoms. The second-order valence-electron chi connectivity index (χ2n) is 3.07. The Morgan fingerprint density at radius 1 is 1.47 bits per heavy atom. The van der Waals surface area contributed by atoms with Gasteiger partial charge in [-0.15, -0.1) is 0 Å².